The van der Waals surface area contributed by atoms with E-state index in [9.17, 15) is 9.59 Å². The fourth-order valence-corrected chi connectivity index (χ4v) is 2.17. The van der Waals surface area contributed by atoms with Crippen LogP contribution in [0.1, 0.15) is 47.0 Å². The van der Waals surface area contributed by atoms with Crippen LogP contribution in [0.25, 0.3) is 0 Å². The fourth-order valence-electron chi connectivity index (χ4n) is 2.17. The van der Waals surface area contributed by atoms with Gasteiger partial charge in [0.15, 0.2) is 0 Å². The molecule has 104 valence electrons. The first-order valence-corrected chi connectivity index (χ1v) is 6.40. The van der Waals surface area contributed by atoms with Gasteiger partial charge in [0.2, 0.25) is 0 Å². The number of hydrogen-bond acceptors (Lipinski definition) is 2. The molecule has 0 aliphatic heterocycles. The fraction of sp³-hybridized carbons (Fsp3) is 0.846. The van der Waals surface area contributed by atoms with Crippen molar-refractivity contribution >= 4 is 12.0 Å². The standard InChI is InChI=1S/C13H24N2O3/c1-12(2)6-5-9(7-12)15-11(18)14-8-13(3,4)10(16)17/h9H,5-8H2,1-4H3,(H,16,17)(H2,14,15,18). The van der Waals surface area contributed by atoms with E-state index in [1.165, 1.54) is 0 Å². The predicted molar refractivity (Wildman–Crippen MR) is 69.4 cm³/mol. The summed E-state index contributed by atoms with van der Waals surface area (Å²) in [5.41, 5.74) is -0.648. The van der Waals surface area contributed by atoms with Crippen molar-refractivity contribution in [3.8, 4) is 0 Å². The number of nitrogens with one attached hydrogen (secondary N) is 2. The summed E-state index contributed by atoms with van der Waals surface area (Å²) in [6.07, 6.45) is 3.07. The van der Waals surface area contributed by atoms with Crippen LogP contribution in [0.5, 0.6) is 0 Å². The van der Waals surface area contributed by atoms with Gasteiger partial charge in [0.1, 0.15) is 0 Å². The first-order valence-electron chi connectivity index (χ1n) is 6.40. The molecule has 3 N–H and O–H groups in total. The molecule has 5 heteroatoms. The molecule has 1 fully saturated rings. The van der Waals surface area contributed by atoms with E-state index in [2.05, 4.69) is 24.5 Å². The zero-order valence-corrected chi connectivity index (χ0v) is 11.7. The Morgan fingerprint density at radius 1 is 1.39 bits per heavy atom. The van der Waals surface area contributed by atoms with Crippen molar-refractivity contribution in [2.45, 2.75) is 53.0 Å². The first-order chi connectivity index (χ1) is 8.12. The van der Waals surface area contributed by atoms with Crippen molar-refractivity contribution in [1.29, 1.82) is 0 Å². The van der Waals surface area contributed by atoms with Crippen molar-refractivity contribution in [1.82, 2.24) is 10.6 Å². The van der Waals surface area contributed by atoms with Crippen molar-refractivity contribution in [3.63, 3.8) is 0 Å². The quantitative estimate of drug-likeness (QED) is 0.719. The largest absolute Gasteiger partial charge is 0.481 e. The lowest BCUT2D eigenvalue weighted by Gasteiger charge is -2.21. The molecule has 1 unspecified atom stereocenters. The Balaban J connectivity index is 2.33. The molecule has 1 saturated carbocycles. The average Bonchev–Trinajstić information content (AvgIpc) is 2.55. The number of hydrogen-bond donors (Lipinski definition) is 3. The third-order valence-electron chi connectivity index (χ3n) is 3.57. The molecule has 1 atom stereocenters. The van der Waals surface area contributed by atoms with Crippen LogP contribution in [0.15, 0.2) is 0 Å². The number of urea groups is 1. The minimum Gasteiger partial charge on any atom is -0.481 e. The molecule has 0 aromatic rings. The van der Waals surface area contributed by atoms with Gasteiger partial charge in [-0.1, -0.05) is 13.8 Å². The normalized spacial score (nSPS) is 22.6. The molecule has 1 aliphatic rings. The Bertz CT molecular complexity index is 337. The second-order valence-electron chi connectivity index (χ2n) is 6.62. The molecule has 0 spiro atoms. The van der Waals surface area contributed by atoms with Crippen LogP contribution in [-0.4, -0.2) is 29.7 Å². The summed E-state index contributed by atoms with van der Waals surface area (Å²) < 4.78 is 0. The number of aliphatic carboxylic acids is 1. The summed E-state index contributed by atoms with van der Waals surface area (Å²) in [5.74, 6) is -0.912. The molecule has 0 aromatic carbocycles. The Morgan fingerprint density at radius 2 is 2.00 bits per heavy atom. The van der Waals surface area contributed by atoms with Gasteiger partial charge < -0.3 is 15.7 Å². The van der Waals surface area contributed by atoms with E-state index in [0.29, 0.717) is 0 Å². The summed E-state index contributed by atoms with van der Waals surface area (Å²) in [4.78, 5) is 22.6. The Hall–Kier alpha value is -1.26. The number of carboxylic acid groups (broad SMARTS) is 1. The van der Waals surface area contributed by atoms with Crippen LogP contribution in [-0.2, 0) is 4.79 Å². The average molecular weight is 256 g/mol. The number of rotatable bonds is 4. The number of carboxylic acids is 1. The van der Waals surface area contributed by atoms with Crippen molar-refractivity contribution < 1.29 is 14.7 Å². The molecule has 18 heavy (non-hydrogen) atoms. The van der Waals surface area contributed by atoms with Crippen LogP contribution in [0.2, 0.25) is 0 Å². The van der Waals surface area contributed by atoms with Gasteiger partial charge in [0.05, 0.1) is 5.41 Å². The van der Waals surface area contributed by atoms with Crippen LogP contribution in [0.3, 0.4) is 0 Å². The van der Waals surface area contributed by atoms with Crippen molar-refractivity contribution in [2.24, 2.45) is 10.8 Å². The summed E-state index contributed by atoms with van der Waals surface area (Å²) in [5, 5.41) is 14.5. The van der Waals surface area contributed by atoms with Crippen molar-refractivity contribution in [2.75, 3.05) is 6.54 Å². The lowest BCUT2D eigenvalue weighted by Crippen LogP contribution is -2.46. The molecule has 2 amide bonds. The Labute approximate surface area is 108 Å². The minimum atomic E-state index is -0.938. The number of carbonyl (C=O) groups is 2. The maximum atomic E-state index is 11.7. The highest BCUT2D eigenvalue weighted by atomic mass is 16.4. The molecule has 0 saturated heterocycles. The monoisotopic (exact) mass is 256 g/mol. The minimum absolute atomic E-state index is 0.129. The van der Waals surface area contributed by atoms with E-state index in [0.717, 1.165) is 19.3 Å². The number of carbonyl (C=O) groups excluding carboxylic acids is 1. The molecule has 5 nitrogen and oxygen atoms in total. The predicted octanol–water partition coefficient (Wildman–Crippen LogP) is 1.98. The smallest absolute Gasteiger partial charge is 0.315 e. The Morgan fingerprint density at radius 3 is 2.44 bits per heavy atom. The Kier molecular flexibility index (Phi) is 4.24. The molecule has 0 bridgehead atoms. The van der Waals surface area contributed by atoms with Crippen molar-refractivity contribution in [3.05, 3.63) is 0 Å². The summed E-state index contributed by atoms with van der Waals surface area (Å²) in [7, 11) is 0. The van der Waals surface area contributed by atoms with E-state index in [4.69, 9.17) is 5.11 Å². The van der Waals surface area contributed by atoms with Gasteiger partial charge in [-0.05, 0) is 38.5 Å². The van der Waals surface area contributed by atoms with Crippen LogP contribution in [0.4, 0.5) is 4.79 Å². The molecular weight excluding hydrogens is 232 g/mol. The van der Waals surface area contributed by atoms with E-state index in [1.54, 1.807) is 13.8 Å². The van der Waals surface area contributed by atoms with Gasteiger partial charge in [-0.2, -0.15) is 0 Å². The highest BCUT2D eigenvalue weighted by Crippen LogP contribution is 2.36. The molecule has 0 radical (unpaired) electrons. The van der Waals surface area contributed by atoms with Crippen LogP contribution >= 0.6 is 0 Å². The van der Waals surface area contributed by atoms with E-state index >= 15 is 0 Å². The molecular formula is C13H24N2O3. The zero-order chi connectivity index (χ0) is 14.0. The molecule has 0 heterocycles. The lowest BCUT2D eigenvalue weighted by atomic mass is 9.92. The summed E-state index contributed by atoms with van der Waals surface area (Å²) in [6, 6.07) is -0.0695. The lowest BCUT2D eigenvalue weighted by molar-refractivity contribution is -0.146. The second-order valence-corrected chi connectivity index (χ2v) is 6.62. The van der Waals surface area contributed by atoms with Crippen LogP contribution in [0, 0.1) is 10.8 Å². The van der Waals surface area contributed by atoms with Gasteiger partial charge in [-0.3, -0.25) is 4.79 Å². The highest BCUT2D eigenvalue weighted by molar-refractivity contribution is 5.77. The zero-order valence-electron chi connectivity index (χ0n) is 11.7. The maximum Gasteiger partial charge on any atom is 0.315 e. The van der Waals surface area contributed by atoms with Crippen LogP contribution < -0.4 is 10.6 Å². The summed E-state index contributed by atoms with van der Waals surface area (Å²) >= 11 is 0. The molecule has 1 aliphatic carbocycles. The molecule has 0 aromatic heterocycles. The second kappa shape index (κ2) is 5.16. The van der Waals surface area contributed by atoms with E-state index in [-0.39, 0.29) is 24.0 Å². The third kappa shape index (κ3) is 4.20. The van der Waals surface area contributed by atoms with E-state index < -0.39 is 11.4 Å². The highest BCUT2D eigenvalue weighted by Gasteiger charge is 2.32. The van der Waals surface area contributed by atoms with Gasteiger partial charge in [0.25, 0.3) is 0 Å². The summed E-state index contributed by atoms with van der Waals surface area (Å²) in [6.45, 7) is 7.70. The maximum absolute atomic E-state index is 11.7. The van der Waals surface area contributed by atoms with Gasteiger partial charge in [-0.15, -0.1) is 0 Å². The third-order valence-corrected chi connectivity index (χ3v) is 3.57. The number of amides is 2. The van der Waals surface area contributed by atoms with Gasteiger partial charge >= 0.3 is 12.0 Å². The first kappa shape index (κ1) is 14.8. The van der Waals surface area contributed by atoms with Gasteiger partial charge in [0, 0.05) is 12.6 Å². The molecule has 1 rings (SSSR count). The SMILES string of the molecule is CC1(C)CCC(NC(=O)NCC(C)(C)C(=O)O)C1. The van der Waals surface area contributed by atoms with Gasteiger partial charge in [-0.25, -0.2) is 4.79 Å². The topological polar surface area (TPSA) is 78.4 Å². The van der Waals surface area contributed by atoms with E-state index in [1.807, 2.05) is 0 Å².